The van der Waals surface area contributed by atoms with E-state index in [2.05, 4.69) is 41.9 Å². The molecular formula is C7H5Br2N3. The van der Waals surface area contributed by atoms with Gasteiger partial charge >= 0.3 is 0 Å². The first kappa shape index (κ1) is 8.19. The zero-order valence-electron chi connectivity index (χ0n) is 6.04. The maximum atomic E-state index is 4.22. The van der Waals surface area contributed by atoms with Crippen LogP contribution < -0.4 is 0 Å². The largest absolute Gasteiger partial charge is 0.220 e. The fourth-order valence-electron chi connectivity index (χ4n) is 1.04. The van der Waals surface area contributed by atoms with Gasteiger partial charge in [-0.15, -0.1) is 5.10 Å². The third kappa shape index (κ3) is 1.27. The second kappa shape index (κ2) is 3.14. The van der Waals surface area contributed by atoms with Crippen LogP contribution in [0.3, 0.4) is 0 Å². The van der Waals surface area contributed by atoms with Gasteiger partial charge in [-0.1, -0.05) is 22.0 Å². The second-order valence-corrected chi connectivity index (χ2v) is 3.59. The Kier molecular flexibility index (Phi) is 2.14. The molecule has 0 aromatic carbocycles. The summed E-state index contributed by atoms with van der Waals surface area (Å²) >= 11 is 6.62. The summed E-state index contributed by atoms with van der Waals surface area (Å²) in [5.41, 5.74) is 2.02. The highest BCUT2D eigenvalue weighted by atomic mass is 79.9. The van der Waals surface area contributed by atoms with E-state index in [9.17, 15) is 0 Å². The van der Waals surface area contributed by atoms with Gasteiger partial charge < -0.3 is 0 Å². The summed E-state index contributed by atoms with van der Waals surface area (Å²) in [6.45, 7) is 0. The van der Waals surface area contributed by atoms with E-state index in [0.29, 0.717) is 4.73 Å². The molecule has 0 atom stereocenters. The molecule has 0 unspecified atom stereocenters. The van der Waals surface area contributed by atoms with E-state index >= 15 is 0 Å². The summed E-state index contributed by atoms with van der Waals surface area (Å²) in [7, 11) is 0. The normalized spacial score (nSPS) is 10.8. The number of fused-ring (bicyclic) bond motifs is 1. The fraction of sp³-hybridized carbons (Fsp3) is 0.143. The molecule has 0 aliphatic heterocycles. The topological polar surface area (TPSA) is 30.2 Å². The van der Waals surface area contributed by atoms with Crippen molar-refractivity contribution in [1.29, 1.82) is 0 Å². The first-order valence-electron chi connectivity index (χ1n) is 3.37. The molecule has 0 aliphatic rings. The minimum Gasteiger partial charge on any atom is -0.220 e. The van der Waals surface area contributed by atoms with Gasteiger partial charge in [0.25, 0.3) is 0 Å². The van der Waals surface area contributed by atoms with Crippen molar-refractivity contribution in [3.05, 3.63) is 28.6 Å². The molecule has 12 heavy (non-hydrogen) atoms. The van der Waals surface area contributed by atoms with E-state index in [-0.39, 0.29) is 0 Å². The first-order valence-corrected chi connectivity index (χ1v) is 5.28. The predicted octanol–water partition coefficient (Wildman–Crippen LogP) is 2.39. The number of aromatic nitrogens is 3. The van der Waals surface area contributed by atoms with Crippen LogP contribution >= 0.6 is 31.9 Å². The lowest BCUT2D eigenvalue weighted by molar-refractivity contribution is 0.941. The summed E-state index contributed by atoms with van der Waals surface area (Å²) in [4.78, 5) is 4.22. The summed E-state index contributed by atoms with van der Waals surface area (Å²) in [6.07, 6.45) is 1.87. The molecule has 0 bridgehead atoms. The van der Waals surface area contributed by atoms with Gasteiger partial charge in [-0.3, -0.25) is 0 Å². The van der Waals surface area contributed by atoms with E-state index < -0.39 is 0 Å². The van der Waals surface area contributed by atoms with Crippen LogP contribution in [0.15, 0.2) is 23.1 Å². The molecule has 0 saturated carbocycles. The Morgan fingerprint density at radius 3 is 3.08 bits per heavy atom. The number of rotatable bonds is 1. The lowest BCUT2D eigenvalue weighted by Crippen LogP contribution is -1.89. The van der Waals surface area contributed by atoms with Crippen LogP contribution in [0.25, 0.3) is 5.65 Å². The molecule has 2 rings (SSSR count). The van der Waals surface area contributed by atoms with Crippen molar-refractivity contribution in [2.45, 2.75) is 5.33 Å². The van der Waals surface area contributed by atoms with Crippen LogP contribution in [0.1, 0.15) is 5.56 Å². The zero-order valence-corrected chi connectivity index (χ0v) is 9.21. The smallest absolute Gasteiger partial charge is 0.218 e. The van der Waals surface area contributed by atoms with Crippen molar-refractivity contribution in [1.82, 2.24) is 14.6 Å². The number of halogens is 2. The van der Waals surface area contributed by atoms with Crippen LogP contribution in [0.5, 0.6) is 0 Å². The van der Waals surface area contributed by atoms with Crippen molar-refractivity contribution < 1.29 is 0 Å². The number of alkyl halides is 1. The van der Waals surface area contributed by atoms with E-state index in [4.69, 9.17) is 0 Å². The van der Waals surface area contributed by atoms with Crippen LogP contribution in [0.2, 0.25) is 0 Å². The highest BCUT2D eigenvalue weighted by molar-refractivity contribution is 9.10. The average molecular weight is 291 g/mol. The van der Waals surface area contributed by atoms with Crippen LogP contribution in [0.4, 0.5) is 0 Å². The lowest BCUT2D eigenvalue weighted by atomic mass is 10.3. The average Bonchev–Trinajstić information content (AvgIpc) is 2.44. The van der Waals surface area contributed by atoms with Gasteiger partial charge in [-0.05, 0) is 22.0 Å². The van der Waals surface area contributed by atoms with Crippen molar-refractivity contribution in [3.63, 3.8) is 0 Å². The van der Waals surface area contributed by atoms with Crippen molar-refractivity contribution in [2.24, 2.45) is 0 Å². The van der Waals surface area contributed by atoms with Gasteiger partial charge in [0.1, 0.15) is 0 Å². The van der Waals surface area contributed by atoms with E-state index in [0.717, 1.165) is 16.5 Å². The molecule has 0 saturated heterocycles. The van der Waals surface area contributed by atoms with E-state index in [1.807, 2.05) is 18.3 Å². The quantitative estimate of drug-likeness (QED) is 0.755. The number of hydrogen-bond acceptors (Lipinski definition) is 2. The van der Waals surface area contributed by atoms with Gasteiger partial charge in [0.05, 0.1) is 0 Å². The fourth-order valence-corrected chi connectivity index (χ4v) is 1.82. The molecule has 5 heteroatoms. The van der Waals surface area contributed by atoms with Crippen LogP contribution in [-0.4, -0.2) is 14.6 Å². The van der Waals surface area contributed by atoms with Gasteiger partial charge in [-0.2, -0.15) is 0 Å². The summed E-state index contributed by atoms with van der Waals surface area (Å²) in [5.74, 6) is 0. The highest BCUT2D eigenvalue weighted by Gasteiger charge is 2.03. The third-order valence-electron chi connectivity index (χ3n) is 1.56. The molecule has 0 aliphatic carbocycles. The predicted molar refractivity (Wildman–Crippen MR) is 53.3 cm³/mol. The van der Waals surface area contributed by atoms with Gasteiger partial charge in [0.15, 0.2) is 5.65 Å². The molecule has 2 aromatic heterocycles. The van der Waals surface area contributed by atoms with Crippen molar-refractivity contribution >= 4 is 37.5 Å². The molecule has 0 fully saturated rings. The van der Waals surface area contributed by atoms with Gasteiger partial charge in [0.2, 0.25) is 4.73 Å². The Hall–Kier alpha value is -0.420. The monoisotopic (exact) mass is 289 g/mol. The summed E-state index contributed by atoms with van der Waals surface area (Å²) < 4.78 is 2.37. The maximum Gasteiger partial charge on any atom is 0.218 e. The van der Waals surface area contributed by atoms with Gasteiger partial charge in [-0.25, -0.2) is 9.50 Å². The SMILES string of the molecule is BrCc1cccn2nc(Br)nc12. The molecule has 3 nitrogen and oxygen atoms in total. The summed E-state index contributed by atoms with van der Waals surface area (Å²) in [6, 6.07) is 3.97. The minimum absolute atomic E-state index is 0.621. The zero-order chi connectivity index (χ0) is 8.55. The Morgan fingerprint density at radius 1 is 1.50 bits per heavy atom. The number of hydrogen-bond donors (Lipinski definition) is 0. The van der Waals surface area contributed by atoms with Crippen LogP contribution in [0, 0.1) is 0 Å². The molecule has 62 valence electrons. The van der Waals surface area contributed by atoms with Crippen molar-refractivity contribution in [3.8, 4) is 0 Å². The number of nitrogens with zero attached hydrogens (tertiary/aromatic N) is 3. The molecule has 0 spiro atoms. The Labute approximate surface area is 86.1 Å². The molecule has 2 heterocycles. The Bertz CT molecular complexity index is 410. The molecule has 0 N–H and O–H groups in total. The summed E-state index contributed by atoms with van der Waals surface area (Å²) in [5, 5.41) is 4.92. The van der Waals surface area contributed by atoms with Gasteiger partial charge in [0, 0.05) is 17.1 Å². The second-order valence-electron chi connectivity index (χ2n) is 2.32. The maximum absolute atomic E-state index is 4.22. The first-order chi connectivity index (χ1) is 5.81. The molecule has 0 amide bonds. The molecular weight excluding hydrogens is 286 g/mol. The van der Waals surface area contributed by atoms with Crippen LogP contribution in [-0.2, 0) is 5.33 Å². The third-order valence-corrected chi connectivity index (χ3v) is 2.50. The standard InChI is InChI=1S/C7H5Br2N3/c8-4-5-2-1-3-12-6(5)10-7(9)11-12/h1-3H,4H2. The van der Waals surface area contributed by atoms with Crippen molar-refractivity contribution in [2.75, 3.05) is 0 Å². The Morgan fingerprint density at radius 2 is 2.33 bits per heavy atom. The minimum atomic E-state index is 0.621. The molecule has 0 radical (unpaired) electrons. The highest BCUT2D eigenvalue weighted by Crippen LogP contribution is 2.13. The van der Waals surface area contributed by atoms with E-state index in [1.54, 1.807) is 4.52 Å². The lowest BCUT2D eigenvalue weighted by Gasteiger charge is -1.95. The van der Waals surface area contributed by atoms with E-state index in [1.165, 1.54) is 0 Å². The number of pyridine rings is 1. The Balaban J connectivity index is 2.78. The molecule has 2 aromatic rings.